The van der Waals surface area contributed by atoms with Gasteiger partial charge in [-0.15, -0.1) is 0 Å². The van der Waals surface area contributed by atoms with E-state index in [1.54, 1.807) is 30.3 Å². The molecule has 6 nitrogen and oxygen atoms in total. The van der Waals surface area contributed by atoms with Crippen LogP contribution in [0.1, 0.15) is 30.3 Å². The van der Waals surface area contributed by atoms with Crippen LogP contribution in [-0.4, -0.2) is 20.7 Å². The van der Waals surface area contributed by atoms with Gasteiger partial charge < -0.3 is 11.1 Å². The summed E-state index contributed by atoms with van der Waals surface area (Å²) in [6, 6.07) is 4.67. The number of carbonyl (C=O) groups is 1. The Hall–Kier alpha value is -2.21. The van der Waals surface area contributed by atoms with Gasteiger partial charge in [-0.1, -0.05) is 6.07 Å². The summed E-state index contributed by atoms with van der Waals surface area (Å²) in [5.41, 5.74) is 7.38. The van der Waals surface area contributed by atoms with Crippen LogP contribution < -0.4 is 11.1 Å². The fourth-order valence-corrected chi connectivity index (χ4v) is 1.76. The summed E-state index contributed by atoms with van der Waals surface area (Å²) in [5.74, 6) is -0.244. The van der Waals surface area contributed by atoms with E-state index in [4.69, 9.17) is 5.73 Å². The van der Waals surface area contributed by atoms with Crippen molar-refractivity contribution in [1.29, 1.82) is 0 Å². The summed E-state index contributed by atoms with van der Waals surface area (Å²) >= 11 is 0. The molecular formula is C13H17N5O. The number of pyridine rings is 1. The molecule has 0 saturated heterocycles. The molecule has 2 unspecified atom stereocenters. The molecule has 0 spiro atoms. The minimum absolute atomic E-state index is 0.184. The molecule has 2 aromatic heterocycles. The minimum atomic E-state index is -0.722. The van der Waals surface area contributed by atoms with Gasteiger partial charge in [-0.05, 0) is 19.1 Å². The summed E-state index contributed by atoms with van der Waals surface area (Å²) in [6.07, 6.45) is 5.02. The van der Waals surface area contributed by atoms with Crippen LogP contribution in [0.25, 0.3) is 0 Å². The standard InChI is InChI=1S/C13H17N5O/c1-9(11-5-3-4-6-15-11)17-13(19)12(14)10-7-16-18(2)8-10/h3-9,12H,14H2,1-2H3,(H,17,19). The lowest BCUT2D eigenvalue weighted by Crippen LogP contribution is -2.35. The quantitative estimate of drug-likeness (QED) is 0.846. The molecule has 0 radical (unpaired) electrons. The van der Waals surface area contributed by atoms with E-state index < -0.39 is 6.04 Å². The summed E-state index contributed by atoms with van der Waals surface area (Å²) in [5, 5.41) is 6.84. The molecule has 0 aliphatic heterocycles. The van der Waals surface area contributed by atoms with Gasteiger partial charge in [0.15, 0.2) is 0 Å². The average molecular weight is 259 g/mol. The summed E-state index contributed by atoms with van der Waals surface area (Å²) in [6.45, 7) is 1.87. The first kappa shape index (κ1) is 13.2. The van der Waals surface area contributed by atoms with Crippen LogP contribution in [0.2, 0.25) is 0 Å². The molecule has 2 rings (SSSR count). The predicted molar refractivity (Wildman–Crippen MR) is 70.9 cm³/mol. The SMILES string of the molecule is CC(NC(=O)C(N)c1cnn(C)c1)c1ccccn1. The average Bonchev–Trinajstić information content (AvgIpc) is 2.85. The highest BCUT2D eigenvalue weighted by Crippen LogP contribution is 2.12. The Morgan fingerprint density at radius 3 is 2.84 bits per heavy atom. The molecule has 0 saturated carbocycles. The molecule has 0 aliphatic rings. The number of aryl methyl sites for hydroxylation is 1. The second-order valence-corrected chi connectivity index (χ2v) is 4.41. The summed E-state index contributed by atoms with van der Waals surface area (Å²) in [7, 11) is 1.78. The zero-order valence-corrected chi connectivity index (χ0v) is 10.9. The third-order valence-electron chi connectivity index (χ3n) is 2.86. The number of aromatic nitrogens is 3. The van der Waals surface area contributed by atoms with Gasteiger partial charge in [-0.2, -0.15) is 5.10 Å². The molecular weight excluding hydrogens is 242 g/mol. The lowest BCUT2D eigenvalue weighted by atomic mass is 10.1. The number of carbonyl (C=O) groups excluding carboxylic acids is 1. The van der Waals surface area contributed by atoms with E-state index in [-0.39, 0.29) is 11.9 Å². The maximum absolute atomic E-state index is 12.0. The van der Waals surface area contributed by atoms with Crippen molar-refractivity contribution < 1.29 is 4.79 Å². The lowest BCUT2D eigenvalue weighted by molar-refractivity contribution is -0.123. The monoisotopic (exact) mass is 259 g/mol. The normalized spacial score (nSPS) is 13.8. The van der Waals surface area contributed by atoms with Crippen LogP contribution in [0.3, 0.4) is 0 Å². The number of amides is 1. The topological polar surface area (TPSA) is 85.8 Å². The first-order chi connectivity index (χ1) is 9.08. The van der Waals surface area contributed by atoms with E-state index in [1.165, 1.54) is 0 Å². The first-order valence-electron chi connectivity index (χ1n) is 6.03. The first-order valence-corrected chi connectivity index (χ1v) is 6.03. The number of rotatable bonds is 4. The molecule has 0 aliphatic carbocycles. The Morgan fingerprint density at radius 1 is 1.47 bits per heavy atom. The maximum Gasteiger partial charge on any atom is 0.242 e. The highest BCUT2D eigenvalue weighted by molar-refractivity contribution is 5.83. The predicted octanol–water partition coefficient (Wildman–Crippen LogP) is 0.692. The van der Waals surface area contributed by atoms with Crippen LogP contribution in [0.15, 0.2) is 36.8 Å². The molecule has 2 heterocycles. The van der Waals surface area contributed by atoms with Crippen molar-refractivity contribution in [2.75, 3.05) is 0 Å². The van der Waals surface area contributed by atoms with Gasteiger partial charge in [0.05, 0.1) is 17.9 Å². The Bertz CT molecular complexity index is 551. The van der Waals surface area contributed by atoms with E-state index >= 15 is 0 Å². The second-order valence-electron chi connectivity index (χ2n) is 4.41. The van der Waals surface area contributed by atoms with Gasteiger partial charge in [0.2, 0.25) is 5.91 Å². The summed E-state index contributed by atoms with van der Waals surface area (Å²) < 4.78 is 1.62. The number of nitrogens with one attached hydrogen (secondary N) is 1. The maximum atomic E-state index is 12.0. The smallest absolute Gasteiger partial charge is 0.242 e. The third kappa shape index (κ3) is 3.17. The molecule has 0 bridgehead atoms. The Morgan fingerprint density at radius 2 is 2.26 bits per heavy atom. The van der Waals surface area contributed by atoms with Crippen molar-refractivity contribution in [2.24, 2.45) is 12.8 Å². The van der Waals surface area contributed by atoms with Crippen molar-refractivity contribution in [3.05, 3.63) is 48.0 Å². The van der Waals surface area contributed by atoms with E-state index in [1.807, 2.05) is 25.1 Å². The molecule has 19 heavy (non-hydrogen) atoms. The third-order valence-corrected chi connectivity index (χ3v) is 2.86. The molecule has 100 valence electrons. The van der Waals surface area contributed by atoms with E-state index in [9.17, 15) is 4.79 Å². The zero-order chi connectivity index (χ0) is 13.8. The molecule has 0 aromatic carbocycles. The summed E-state index contributed by atoms with van der Waals surface area (Å²) in [4.78, 5) is 16.2. The van der Waals surface area contributed by atoms with Crippen molar-refractivity contribution in [2.45, 2.75) is 19.0 Å². The number of hydrogen-bond donors (Lipinski definition) is 2. The van der Waals surface area contributed by atoms with Crippen LogP contribution in [-0.2, 0) is 11.8 Å². The highest BCUT2D eigenvalue weighted by Gasteiger charge is 2.19. The number of nitrogens with two attached hydrogens (primary N) is 1. The van der Waals surface area contributed by atoms with Gasteiger partial charge in [-0.3, -0.25) is 14.5 Å². The van der Waals surface area contributed by atoms with Gasteiger partial charge in [0, 0.05) is 25.0 Å². The Kier molecular flexibility index (Phi) is 3.91. The fraction of sp³-hybridized carbons (Fsp3) is 0.308. The molecule has 6 heteroatoms. The molecule has 0 fully saturated rings. The Balaban J connectivity index is 2.01. The fourth-order valence-electron chi connectivity index (χ4n) is 1.76. The van der Waals surface area contributed by atoms with Crippen LogP contribution in [0.5, 0.6) is 0 Å². The van der Waals surface area contributed by atoms with Crippen LogP contribution in [0, 0.1) is 0 Å². The van der Waals surface area contributed by atoms with Gasteiger partial charge in [0.25, 0.3) is 0 Å². The lowest BCUT2D eigenvalue weighted by Gasteiger charge is -2.16. The Labute approximate surface area is 111 Å². The molecule has 3 N–H and O–H groups in total. The van der Waals surface area contributed by atoms with E-state index in [0.29, 0.717) is 5.56 Å². The molecule has 1 amide bonds. The van der Waals surface area contributed by atoms with Crippen molar-refractivity contribution in [1.82, 2.24) is 20.1 Å². The molecule has 2 atom stereocenters. The van der Waals surface area contributed by atoms with Crippen LogP contribution >= 0.6 is 0 Å². The van der Waals surface area contributed by atoms with Gasteiger partial charge in [-0.25, -0.2) is 0 Å². The van der Waals surface area contributed by atoms with Crippen molar-refractivity contribution in [3.8, 4) is 0 Å². The van der Waals surface area contributed by atoms with Gasteiger partial charge >= 0.3 is 0 Å². The zero-order valence-electron chi connectivity index (χ0n) is 10.9. The van der Waals surface area contributed by atoms with Crippen molar-refractivity contribution in [3.63, 3.8) is 0 Å². The van der Waals surface area contributed by atoms with E-state index in [0.717, 1.165) is 5.69 Å². The number of nitrogens with zero attached hydrogens (tertiary/aromatic N) is 3. The largest absolute Gasteiger partial charge is 0.346 e. The molecule has 2 aromatic rings. The van der Waals surface area contributed by atoms with E-state index in [2.05, 4.69) is 15.4 Å². The van der Waals surface area contributed by atoms with Gasteiger partial charge in [0.1, 0.15) is 6.04 Å². The number of hydrogen-bond acceptors (Lipinski definition) is 4. The second kappa shape index (κ2) is 5.62. The highest BCUT2D eigenvalue weighted by atomic mass is 16.2. The van der Waals surface area contributed by atoms with Crippen LogP contribution in [0.4, 0.5) is 0 Å². The van der Waals surface area contributed by atoms with Crippen molar-refractivity contribution >= 4 is 5.91 Å². The minimum Gasteiger partial charge on any atom is -0.346 e.